The Bertz CT molecular complexity index is 358. The third-order valence-electron chi connectivity index (χ3n) is 4.11. The van der Waals surface area contributed by atoms with E-state index in [-0.39, 0.29) is 0 Å². The standard InChI is InChI=1S/C14H19N/c1-10-3-2-4-13(7-10)15-14-9-11-5-6-12(14)8-11/h2-4,7,11-12,14-15H,5-6,8-9H2,1H3/t11-,12+,14+/m0/s1. The van der Waals surface area contributed by atoms with Gasteiger partial charge in [-0.1, -0.05) is 18.6 Å². The molecule has 15 heavy (non-hydrogen) atoms. The smallest absolute Gasteiger partial charge is 0.0345 e. The highest BCUT2D eigenvalue weighted by molar-refractivity contribution is 5.46. The van der Waals surface area contributed by atoms with Crippen molar-refractivity contribution in [2.75, 3.05) is 5.32 Å². The molecule has 2 fully saturated rings. The Morgan fingerprint density at radius 1 is 1.20 bits per heavy atom. The number of rotatable bonds is 2. The third-order valence-corrected chi connectivity index (χ3v) is 4.11. The minimum absolute atomic E-state index is 0.755. The summed E-state index contributed by atoms with van der Waals surface area (Å²) < 4.78 is 0. The van der Waals surface area contributed by atoms with E-state index in [1.54, 1.807) is 0 Å². The lowest BCUT2D eigenvalue weighted by Gasteiger charge is -2.24. The lowest BCUT2D eigenvalue weighted by Crippen LogP contribution is -2.25. The fourth-order valence-electron chi connectivity index (χ4n) is 3.37. The van der Waals surface area contributed by atoms with Gasteiger partial charge in [-0.15, -0.1) is 0 Å². The Morgan fingerprint density at radius 2 is 2.13 bits per heavy atom. The molecule has 2 aliphatic rings. The highest BCUT2D eigenvalue weighted by Crippen LogP contribution is 2.45. The Morgan fingerprint density at radius 3 is 2.80 bits per heavy atom. The van der Waals surface area contributed by atoms with Gasteiger partial charge in [-0.05, 0) is 55.7 Å². The molecule has 0 unspecified atom stereocenters. The first kappa shape index (κ1) is 9.26. The summed E-state index contributed by atoms with van der Waals surface area (Å²) in [5.74, 6) is 1.98. The van der Waals surface area contributed by atoms with Crippen LogP contribution in [-0.4, -0.2) is 6.04 Å². The van der Waals surface area contributed by atoms with Crippen LogP contribution in [0.4, 0.5) is 5.69 Å². The predicted octanol–water partition coefficient (Wildman–Crippen LogP) is 3.60. The van der Waals surface area contributed by atoms with Gasteiger partial charge in [0, 0.05) is 11.7 Å². The summed E-state index contributed by atoms with van der Waals surface area (Å²) in [4.78, 5) is 0. The second kappa shape index (κ2) is 3.55. The van der Waals surface area contributed by atoms with Crippen LogP contribution in [0.15, 0.2) is 24.3 Å². The van der Waals surface area contributed by atoms with Crippen molar-refractivity contribution < 1.29 is 0 Å². The first-order valence-corrected chi connectivity index (χ1v) is 6.14. The molecule has 0 spiro atoms. The summed E-state index contributed by atoms with van der Waals surface area (Å²) in [6.45, 7) is 2.16. The summed E-state index contributed by atoms with van der Waals surface area (Å²) in [5.41, 5.74) is 2.66. The normalized spacial score (nSPS) is 33.3. The minimum Gasteiger partial charge on any atom is -0.382 e. The summed E-state index contributed by atoms with van der Waals surface area (Å²) in [6.07, 6.45) is 5.81. The highest BCUT2D eigenvalue weighted by atomic mass is 14.9. The number of aryl methyl sites for hydroxylation is 1. The number of hydrogen-bond acceptors (Lipinski definition) is 1. The van der Waals surface area contributed by atoms with Gasteiger partial charge in [0.1, 0.15) is 0 Å². The minimum atomic E-state index is 0.755. The zero-order valence-corrected chi connectivity index (χ0v) is 9.37. The van der Waals surface area contributed by atoms with Crippen LogP contribution in [-0.2, 0) is 0 Å². The number of hydrogen-bond donors (Lipinski definition) is 1. The molecule has 2 saturated carbocycles. The summed E-state index contributed by atoms with van der Waals surface area (Å²) >= 11 is 0. The molecule has 1 aromatic rings. The number of anilines is 1. The van der Waals surface area contributed by atoms with Crippen LogP contribution < -0.4 is 5.32 Å². The second-order valence-corrected chi connectivity index (χ2v) is 5.30. The Hall–Kier alpha value is -0.980. The summed E-state index contributed by atoms with van der Waals surface area (Å²) in [5, 5.41) is 3.71. The monoisotopic (exact) mass is 201 g/mol. The highest BCUT2D eigenvalue weighted by Gasteiger charge is 2.39. The van der Waals surface area contributed by atoms with Crippen LogP contribution in [0.3, 0.4) is 0 Å². The molecule has 2 bridgehead atoms. The number of benzene rings is 1. The van der Waals surface area contributed by atoms with Crippen molar-refractivity contribution in [3.05, 3.63) is 29.8 Å². The number of nitrogens with one attached hydrogen (secondary N) is 1. The molecular weight excluding hydrogens is 182 g/mol. The fourth-order valence-corrected chi connectivity index (χ4v) is 3.37. The Labute approximate surface area is 91.9 Å². The molecule has 0 amide bonds. The van der Waals surface area contributed by atoms with Crippen LogP contribution in [0.2, 0.25) is 0 Å². The first-order chi connectivity index (χ1) is 7.31. The molecule has 1 nitrogen and oxygen atoms in total. The molecule has 2 aliphatic carbocycles. The molecule has 1 N–H and O–H groups in total. The van der Waals surface area contributed by atoms with Crippen LogP contribution >= 0.6 is 0 Å². The van der Waals surface area contributed by atoms with Gasteiger partial charge < -0.3 is 5.32 Å². The molecule has 0 saturated heterocycles. The third kappa shape index (κ3) is 1.75. The van der Waals surface area contributed by atoms with Crippen LogP contribution in [0.5, 0.6) is 0 Å². The SMILES string of the molecule is Cc1cccc(N[C@@H]2C[C@H]3CC[C@@H]2C3)c1. The second-order valence-electron chi connectivity index (χ2n) is 5.30. The van der Waals surface area contributed by atoms with E-state index < -0.39 is 0 Å². The zero-order chi connectivity index (χ0) is 10.3. The van der Waals surface area contributed by atoms with E-state index in [4.69, 9.17) is 0 Å². The molecule has 1 aromatic carbocycles. The average molecular weight is 201 g/mol. The maximum atomic E-state index is 3.71. The molecule has 3 atom stereocenters. The molecule has 0 aliphatic heterocycles. The van der Waals surface area contributed by atoms with E-state index in [0.717, 1.165) is 17.9 Å². The van der Waals surface area contributed by atoms with E-state index in [0.29, 0.717) is 0 Å². The van der Waals surface area contributed by atoms with Crippen LogP contribution in [0.25, 0.3) is 0 Å². The molecule has 80 valence electrons. The molecule has 3 rings (SSSR count). The zero-order valence-electron chi connectivity index (χ0n) is 9.37. The lowest BCUT2D eigenvalue weighted by molar-refractivity contribution is 0.440. The average Bonchev–Trinajstić information content (AvgIpc) is 2.79. The maximum absolute atomic E-state index is 3.71. The molecule has 0 aromatic heterocycles. The first-order valence-electron chi connectivity index (χ1n) is 6.14. The van der Waals surface area contributed by atoms with E-state index in [1.807, 2.05) is 0 Å². The van der Waals surface area contributed by atoms with Gasteiger partial charge in [0.05, 0.1) is 0 Å². The van der Waals surface area contributed by atoms with E-state index in [1.165, 1.54) is 36.9 Å². The Balaban J connectivity index is 1.71. The van der Waals surface area contributed by atoms with E-state index in [2.05, 4.69) is 36.5 Å². The topological polar surface area (TPSA) is 12.0 Å². The fraction of sp³-hybridized carbons (Fsp3) is 0.571. The predicted molar refractivity (Wildman–Crippen MR) is 64.0 cm³/mol. The number of fused-ring (bicyclic) bond motifs is 2. The van der Waals surface area contributed by atoms with Crippen molar-refractivity contribution in [3.63, 3.8) is 0 Å². The van der Waals surface area contributed by atoms with Crippen LogP contribution in [0, 0.1) is 18.8 Å². The summed E-state index contributed by atoms with van der Waals surface area (Å²) in [7, 11) is 0. The van der Waals surface area contributed by atoms with Gasteiger partial charge in [-0.3, -0.25) is 0 Å². The van der Waals surface area contributed by atoms with Crippen molar-refractivity contribution in [1.82, 2.24) is 0 Å². The molecular formula is C14H19N. The van der Waals surface area contributed by atoms with Crippen molar-refractivity contribution in [2.45, 2.75) is 38.6 Å². The van der Waals surface area contributed by atoms with Gasteiger partial charge in [0.25, 0.3) is 0 Å². The molecule has 0 radical (unpaired) electrons. The van der Waals surface area contributed by atoms with E-state index in [9.17, 15) is 0 Å². The van der Waals surface area contributed by atoms with Gasteiger partial charge in [-0.25, -0.2) is 0 Å². The lowest BCUT2D eigenvalue weighted by atomic mass is 9.95. The van der Waals surface area contributed by atoms with Gasteiger partial charge in [0.2, 0.25) is 0 Å². The van der Waals surface area contributed by atoms with Gasteiger partial charge >= 0.3 is 0 Å². The summed E-state index contributed by atoms with van der Waals surface area (Å²) in [6, 6.07) is 9.51. The largest absolute Gasteiger partial charge is 0.382 e. The van der Waals surface area contributed by atoms with Crippen molar-refractivity contribution in [2.24, 2.45) is 11.8 Å². The van der Waals surface area contributed by atoms with Crippen molar-refractivity contribution >= 4 is 5.69 Å². The maximum Gasteiger partial charge on any atom is 0.0345 e. The molecule has 0 heterocycles. The quantitative estimate of drug-likeness (QED) is 0.771. The molecule has 1 heteroatoms. The van der Waals surface area contributed by atoms with Gasteiger partial charge in [-0.2, -0.15) is 0 Å². The Kier molecular flexibility index (Phi) is 2.19. The van der Waals surface area contributed by atoms with Crippen LogP contribution in [0.1, 0.15) is 31.2 Å². The van der Waals surface area contributed by atoms with Crippen molar-refractivity contribution in [3.8, 4) is 0 Å². The van der Waals surface area contributed by atoms with Crippen molar-refractivity contribution in [1.29, 1.82) is 0 Å². The van der Waals surface area contributed by atoms with Gasteiger partial charge in [0.15, 0.2) is 0 Å². The van der Waals surface area contributed by atoms with E-state index >= 15 is 0 Å².